The number of carbonyl (C=O) groups excluding carboxylic acids is 2. The van der Waals surface area contributed by atoms with Crippen LogP contribution < -0.4 is 0 Å². The molecule has 4 nitrogen and oxygen atoms in total. The summed E-state index contributed by atoms with van der Waals surface area (Å²) in [6, 6.07) is 0. The van der Waals surface area contributed by atoms with Crippen molar-refractivity contribution in [3.63, 3.8) is 0 Å². The lowest BCUT2D eigenvalue weighted by atomic mass is 9.61. The number of fused-ring (bicyclic) bond motifs is 3. The lowest BCUT2D eigenvalue weighted by Crippen LogP contribution is -2.39. The van der Waals surface area contributed by atoms with Gasteiger partial charge in [0.25, 0.3) is 0 Å². The van der Waals surface area contributed by atoms with E-state index in [1.807, 2.05) is 0 Å². The molecule has 0 aliphatic heterocycles. The third-order valence-corrected chi connectivity index (χ3v) is 6.74. The molecule has 0 saturated heterocycles. The number of Topliss-reactive ketones (excluding diaryl/α,β-unsaturated/α-hetero) is 2. The number of hydrogen-bond donors (Lipinski definition) is 0. The smallest absolute Gasteiger partial charge is 0.228 e. The Hall–Kier alpha value is -1.58. The number of carbonyl (C=O) groups is 2. The largest absolute Gasteiger partial charge is 0.489 e. The van der Waals surface area contributed by atoms with Crippen LogP contribution in [0.2, 0.25) is 0 Å². The minimum Gasteiger partial charge on any atom is -0.489 e. The Morgan fingerprint density at radius 3 is 2.14 bits per heavy atom. The van der Waals surface area contributed by atoms with Gasteiger partial charge in [0.15, 0.2) is 0 Å². The van der Waals surface area contributed by atoms with Gasteiger partial charge in [-0.1, -0.05) is 13.8 Å². The second kappa shape index (κ2) is 4.03. The van der Waals surface area contributed by atoms with Crippen molar-refractivity contribution in [2.24, 2.45) is 22.7 Å². The van der Waals surface area contributed by atoms with Crippen LogP contribution in [0.25, 0.3) is 0 Å². The molecule has 4 rings (SSSR count). The van der Waals surface area contributed by atoms with Gasteiger partial charge >= 0.3 is 0 Å². The van der Waals surface area contributed by atoms with Gasteiger partial charge in [0.1, 0.15) is 0 Å². The van der Waals surface area contributed by atoms with Crippen LogP contribution >= 0.6 is 0 Å². The maximum Gasteiger partial charge on any atom is 0.228 e. The number of ketones is 2. The Labute approximate surface area is 130 Å². The number of hydrogen-bond acceptors (Lipinski definition) is 4. The first kappa shape index (κ1) is 14.0. The number of methoxy groups -OCH3 is 2. The summed E-state index contributed by atoms with van der Waals surface area (Å²) in [6.45, 7) is 4.64. The van der Waals surface area contributed by atoms with E-state index >= 15 is 0 Å². The summed E-state index contributed by atoms with van der Waals surface area (Å²) in [5, 5.41) is 0. The van der Waals surface area contributed by atoms with Crippen molar-refractivity contribution in [2.45, 2.75) is 39.5 Å². The van der Waals surface area contributed by atoms with Crippen molar-refractivity contribution in [3.05, 3.63) is 22.7 Å². The SMILES string of the molecule is COC1=C(OC)C(=O)C2=C(C[C@@H]3[C@@](C)(C2)C[C@H]2C[C@]23C)C1=O. The van der Waals surface area contributed by atoms with E-state index in [0.717, 1.165) is 5.92 Å². The fourth-order valence-corrected chi connectivity index (χ4v) is 5.52. The van der Waals surface area contributed by atoms with Crippen LogP contribution in [0, 0.1) is 22.7 Å². The standard InChI is InChI=1S/C18H22O4/c1-17-6-9-7-18(9,2)12(17)5-10-11(8-17)14(20)16(22-4)15(21-3)13(10)19/h9,12H,5-8H2,1-4H3/t9-,12+,17+,18+/m0/s1. The van der Waals surface area contributed by atoms with Crippen molar-refractivity contribution in [2.75, 3.05) is 14.2 Å². The zero-order valence-electron chi connectivity index (χ0n) is 13.6. The van der Waals surface area contributed by atoms with E-state index in [4.69, 9.17) is 9.47 Å². The van der Waals surface area contributed by atoms with Crippen LogP contribution in [0.3, 0.4) is 0 Å². The maximum absolute atomic E-state index is 12.8. The highest BCUT2D eigenvalue weighted by atomic mass is 16.5. The Bertz CT molecular complexity index is 671. The molecule has 0 bridgehead atoms. The molecule has 0 spiro atoms. The predicted molar refractivity (Wildman–Crippen MR) is 79.7 cm³/mol. The minimum atomic E-state index is -0.153. The van der Waals surface area contributed by atoms with Gasteiger partial charge in [0, 0.05) is 11.1 Å². The first-order chi connectivity index (χ1) is 10.4. The first-order valence-corrected chi connectivity index (χ1v) is 7.99. The Morgan fingerprint density at radius 1 is 0.955 bits per heavy atom. The molecule has 4 aliphatic rings. The van der Waals surface area contributed by atoms with Gasteiger partial charge in [-0.3, -0.25) is 9.59 Å². The summed E-state index contributed by atoms with van der Waals surface area (Å²) >= 11 is 0. The molecule has 0 unspecified atom stereocenters. The molecule has 118 valence electrons. The molecule has 0 amide bonds. The third-order valence-electron chi connectivity index (χ3n) is 6.74. The van der Waals surface area contributed by atoms with E-state index in [1.54, 1.807) is 0 Å². The van der Waals surface area contributed by atoms with Crippen molar-refractivity contribution < 1.29 is 19.1 Å². The van der Waals surface area contributed by atoms with Gasteiger partial charge in [-0.25, -0.2) is 0 Å². The second-order valence-electron chi connectivity index (χ2n) is 7.88. The van der Waals surface area contributed by atoms with Gasteiger partial charge in [-0.2, -0.15) is 0 Å². The van der Waals surface area contributed by atoms with E-state index in [-0.39, 0.29) is 28.5 Å². The van der Waals surface area contributed by atoms with Crippen LogP contribution in [0.15, 0.2) is 22.7 Å². The summed E-state index contributed by atoms with van der Waals surface area (Å²) in [5.41, 5.74) is 1.87. The van der Waals surface area contributed by atoms with Crippen LogP contribution in [0.5, 0.6) is 0 Å². The minimum absolute atomic E-state index is 0.0719. The Kier molecular flexibility index (Phi) is 2.57. The predicted octanol–water partition coefficient (Wildman–Crippen LogP) is 2.79. The lowest BCUT2D eigenvalue weighted by molar-refractivity contribution is -0.122. The highest BCUT2D eigenvalue weighted by Gasteiger charge is 2.68. The summed E-state index contributed by atoms with van der Waals surface area (Å²) < 4.78 is 10.3. The van der Waals surface area contributed by atoms with Crippen LogP contribution in [-0.2, 0) is 19.1 Å². The monoisotopic (exact) mass is 302 g/mol. The molecule has 22 heavy (non-hydrogen) atoms. The highest BCUT2D eigenvalue weighted by Crippen LogP contribution is 2.75. The third kappa shape index (κ3) is 1.48. The summed E-state index contributed by atoms with van der Waals surface area (Å²) in [7, 11) is 2.84. The quantitative estimate of drug-likeness (QED) is 0.736. The topological polar surface area (TPSA) is 52.6 Å². The van der Waals surface area contributed by atoms with Gasteiger partial charge in [0.2, 0.25) is 23.1 Å². The van der Waals surface area contributed by atoms with Gasteiger partial charge in [-0.05, 0) is 48.3 Å². The highest BCUT2D eigenvalue weighted by molar-refractivity contribution is 6.23. The van der Waals surface area contributed by atoms with Crippen LogP contribution in [-0.4, -0.2) is 25.8 Å². The van der Waals surface area contributed by atoms with Gasteiger partial charge in [-0.15, -0.1) is 0 Å². The number of ether oxygens (including phenoxy) is 2. The molecule has 4 heteroatoms. The van der Waals surface area contributed by atoms with Gasteiger partial charge < -0.3 is 9.47 Å². The first-order valence-electron chi connectivity index (χ1n) is 7.99. The molecule has 4 atom stereocenters. The zero-order chi connectivity index (χ0) is 15.9. The average Bonchev–Trinajstić information content (AvgIpc) is 3.05. The fourth-order valence-electron chi connectivity index (χ4n) is 5.52. The molecular weight excluding hydrogens is 280 g/mol. The second-order valence-corrected chi connectivity index (χ2v) is 7.88. The number of allylic oxidation sites excluding steroid dienone is 2. The lowest BCUT2D eigenvalue weighted by Gasteiger charge is -2.43. The molecule has 2 saturated carbocycles. The zero-order valence-corrected chi connectivity index (χ0v) is 13.6. The summed E-state index contributed by atoms with van der Waals surface area (Å²) in [5.74, 6) is 1.12. The average molecular weight is 302 g/mol. The van der Waals surface area contributed by atoms with Crippen LogP contribution in [0.1, 0.15) is 39.5 Å². The van der Waals surface area contributed by atoms with E-state index in [9.17, 15) is 9.59 Å². The summed E-state index contributed by atoms with van der Waals surface area (Å²) in [6.07, 6.45) is 3.87. The molecule has 0 heterocycles. The van der Waals surface area contributed by atoms with E-state index in [2.05, 4.69) is 13.8 Å². The van der Waals surface area contributed by atoms with Crippen molar-refractivity contribution in [3.8, 4) is 0 Å². The normalized spacial score (nSPS) is 42.9. The van der Waals surface area contributed by atoms with E-state index in [1.165, 1.54) is 27.1 Å². The maximum atomic E-state index is 12.8. The molecule has 0 aromatic carbocycles. The van der Waals surface area contributed by atoms with Crippen molar-refractivity contribution >= 4 is 11.6 Å². The van der Waals surface area contributed by atoms with Crippen molar-refractivity contribution in [1.29, 1.82) is 0 Å². The molecular formula is C18H22O4. The molecule has 0 aromatic rings. The fraction of sp³-hybridized carbons (Fsp3) is 0.667. The Balaban J connectivity index is 1.78. The van der Waals surface area contributed by atoms with E-state index < -0.39 is 0 Å². The summed E-state index contributed by atoms with van der Waals surface area (Å²) in [4.78, 5) is 25.5. The molecule has 4 aliphatic carbocycles. The van der Waals surface area contributed by atoms with E-state index in [0.29, 0.717) is 35.3 Å². The number of rotatable bonds is 2. The molecule has 0 aromatic heterocycles. The molecule has 0 radical (unpaired) electrons. The van der Waals surface area contributed by atoms with Crippen molar-refractivity contribution in [1.82, 2.24) is 0 Å². The van der Waals surface area contributed by atoms with Gasteiger partial charge in [0.05, 0.1) is 14.2 Å². The Morgan fingerprint density at radius 2 is 1.55 bits per heavy atom. The van der Waals surface area contributed by atoms with Crippen LogP contribution in [0.4, 0.5) is 0 Å². The molecule has 2 fully saturated rings. The molecule has 0 N–H and O–H groups in total.